The van der Waals surface area contributed by atoms with E-state index in [9.17, 15) is 9.59 Å². The monoisotopic (exact) mass is 182 g/mol. The molecular formula is C6H6N4O3. The van der Waals surface area contributed by atoms with Crippen molar-refractivity contribution >= 4 is 17.8 Å². The number of amides is 4. The molecule has 0 bridgehead atoms. The van der Waals surface area contributed by atoms with Crippen LogP contribution in [0.1, 0.15) is 13.3 Å². The molecule has 0 saturated heterocycles. The number of rotatable bonds is 1. The molecule has 0 spiro atoms. The molecule has 2 aliphatic rings. The van der Waals surface area contributed by atoms with Crippen LogP contribution < -0.4 is 0 Å². The molecule has 7 nitrogen and oxygen atoms in total. The number of nitrogens with zero attached hydrogens (tertiary/aromatic N) is 4. The van der Waals surface area contributed by atoms with E-state index in [-0.39, 0.29) is 0 Å². The van der Waals surface area contributed by atoms with Gasteiger partial charge in [0.1, 0.15) is 0 Å². The van der Waals surface area contributed by atoms with Gasteiger partial charge < -0.3 is 4.84 Å². The summed E-state index contributed by atoms with van der Waals surface area (Å²) in [4.78, 5) is 27.7. The third kappa shape index (κ3) is 1.17. The van der Waals surface area contributed by atoms with Gasteiger partial charge in [-0.05, 0) is 6.92 Å². The van der Waals surface area contributed by atoms with Crippen molar-refractivity contribution in [2.45, 2.75) is 19.6 Å². The third-order valence-electron chi connectivity index (χ3n) is 1.72. The summed E-state index contributed by atoms with van der Waals surface area (Å²) < 4.78 is 0. The minimum Gasteiger partial charge on any atom is -0.370 e. The van der Waals surface area contributed by atoms with E-state index in [0.29, 0.717) is 6.42 Å². The fourth-order valence-corrected chi connectivity index (χ4v) is 1.13. The van der Waals surface area contributed by atoms with Crippen LogP contribution >= 0.6 is 0 Å². The molecule has 0 aliphatic carbocycles. The summed E-state index contributed by atoms with van der Waals surface area (Å²) in [7, 11) is 0. The third-order valence-corrected chi connectivity index (χ3v) is 1.72. The first kappa shape index (κ1) is 7.84. The molecule has 2 heterocycles. The van der Waals surface area contributed by atoms with Gasteiger partial charge in [0, 0.05) is 6.42 Å². The lowest BCUT2D eigenvalue weighted by Gasteiger charge is -2.15. The molecule has 0 N–H and O–H groups in total. The van der Waals surface area contributed by atoms with Gasteiger partial charge >= 0.3 is 12.1 Å². The second-order valence-corrected chi connectivity index (χ2v) is 2.73. The van der Waals surface area contributed by atoms with Crippen LogP contribution in [0.2, 0.25) is 0 Å². The largest absolute Gasteiger partial charge is 0.373 e. The molecule has 13 heavy (non-hydrogen) atoms. The highest BCUT2D eigenvalue weighted by atomic mass is 16.7. The van der Waals surface area contributed by atoms with Crippen molar-refractivity contribution in [3.8, 4) is 0 Å². The summed E-state index contributed by atoms with van der Waals surface area (Å²) in [5.41, 5.74) is 0.734. The van der Waals surface area contributed by atoms with Crippen LogP contribution in [0.3, 0.4) is 0 Å². The van der Waals surface area contributed by atoms with Gasteiger partial charge in [-0.15, -0.1) is 0 Å². The summed E-state index contributed by atoms with van der Waals surface area (Å²) in [6, 6.07) is -1.39. The SMILES string of the molecule is CC1=NOC(N2C(=O)N=NC2=O)C1. The molecule has 0 saturated carbocycles. The molecule has 0 fully saturated rings. The van der Waals surface area contributed by atoms with Gasteiger partial charge in [0.15, 0.2) is 0 Å². The molecule has 7 heteroatoms. The van der Waals surface area contributed by atoms with Crippen LogP contribution in [0.5, 0.6) is 0 Å². The number of azo groups is 1. The van der Waals surface area contributed by atoms with E-state index >= 15 is 0 Å². The first-order chi connectivity index (χ1) is 6.18. The van der Waals surface area contributed by atoms with E-state index in [2.05, 4.69) is 15.4 Å². The molecule has 0 radical (unpaired) electrons. The normalized spacial score (nSPS) is 26.7. The molecule has 68 valence electrons. The molecule has 2 aliphatic heterocycles. The zero-order valence-corrected chi connectivity index (χ0v) is 6.80. The highest BCUT2D eigenvalue weighted by Crippen LogP contribution is 2.20. The van der Waals surface area contributed by atoms with Crippen molar-refractivity contribution in [1.82, 2.24) is 4.90 Å². The highest BCUT2D eigenvalue weighted by molar-refractivity contribution is 5.99. The van der Waals surface area contributed by atoms with E-state index in [4.69, 9.17) is 4.84 Å². The zero-order chi connectivity index (χ0) is 9.42. The summed E-state index contributed by atoms with van der Waals surface area (Å²) in [6.45, 7) is 1.75. The lowest BCUT2D eigenvalue weighted by molar-refractivity contribution is 0.0106. The van der Waals surface area contributed by atoms with Gasteiger partial charge in [-0.2, -0.15) is 4.90 Å². The van der Waals surface area contributed by atoms with E-state index in [1.807, 2.05) is 0 Å². The Balaban J connectivity index is 2.11. The topological polar surface area (TPSA) is 83.7 Å². The fourth-order valence-electron chi connectivity index (χ4n) is 1.13. The molecule has 1 atom stereocenters. The molecule has 4 amide bonds. The Bertz CT molecular complexity index is 317. The Morgan fingerprint density at radius 3 is 2.46 bits per heavy atom. The van der Waals surface area contributed by atoms with Crippen molar-refractivity contribution < 1.29 is 14.4 Å². The van der Waals surface area contributed by atoms with Crippen molar-refractivity contribution in [2.24, 2.45) is 15.4 Å². The maximum Gasteiger partial charge on any atom is 0.373 e. The Labute approximate surface area is 73.0 Å². The Morgan fingerprint density at radius 1 is 1.38 bits per heavy atom. The van der Waals surface area contributed by atoms with E-state index in [1.165, 1.54) is 0 Å². The number of carbonyl (C=O) groups is 2. The summed E-state index contributed by atoms with van der Waals surface area (Å²) in [6.07, 6.45) is -0.252. The maximum atomic E-state index is 11.0. The summed E-state index contributed by atoms with van der Waals surface area (Å²) in [5, 5.41) is 9.82. The van der Waals surface area contributed by atoms with E-state index in [0.717, 1.165) is 10.6 Å². The van der Waals surface area contributed by atoms with Gasteiger partial charge in [-0.25, -0.2) is 9.59 Å². The molecule has 1 unspecified atom stereocenters. The minimum atomic E-state index is -0.695. The zero-order valence-electron chi connectivity index (χ0n) is 6.80. The standard InChI is InChI=1S/C6H6N4O3/c1-3-2-4(13-9-3)10-5(11)7-8-6(10)12/h4H,2H2,1H3. The molecular weight excluding hydrogens is 176 g/mol. The van der Waals surface area contributed by atoms with Crippen molar-refractivity contribution in [1.29, 1.82) is 0 Å². The van der Waals surface area contributed by atoms with Crippen LogP contribution in [-0.2, 0) is 4.84 Å². The van der Waals surface area contributed by atoms with E-state index in [1.54, 1.807) is 6.92 Å². The number of oxime groups is 1. The maximum absolute atomic E-state index is 11.0. The van der Waals surface area contributed by atoms with Crippen LogP contribution in [0.15, 0.2) is 15.4 Å². The first-order valence-corrected chi connectivity index (χ1v) is 3.66. The number of hydrogen-bond donors (Lipinski definition) is 0. The predicted molar refractivity (Wildman–Crippen MR) is 40.1 cm³/mol. The Morgan fingerprint density at radius 2 is 2.00 bits per heavy atom. The van der Waals surface area contributed by atoms with Gasteiger partial charge in [0.05, 0.1) is 5.71 Å². The van der Waals surface area contributed by atoms with Crippen LogP contribution in [0, 0.1) is 0 Å². The number of urea groups is 2. The average Bonchev–Trinajstić information content (AvgIpc) is 2.60. The van der Waals surface area contributed by atoms with Gasteiger partial charge in [-0.3, -0.25) is 0 Å². The molecule has 0 aromatic heterocycles. The van der Waals surface area contributed by atoms with E-state index < -0.39 is 18.3 Å². The van der Waals surface area contributed by atoms with Gasteiger partial charge in [0.25, 0.3) is 0 Å². The second-order valence-electron chi connectivity index (χ2n) is 2.73. The van der Waals surface area contributed by atoms with Crippen molar-refractivity contribution in [3.05, 3.63) is 0 Å². The summed E-state index contributed by atoms with van der Waals surface area (Å²) in [5.74, 6) is 0. The lowest BCUT2D eigenvalue weighted by Crippen LogP contribution is -2.38. The fraction of sp³-hybridized carbons (Fsp3) is 0.500. The van der Waals surface area contributed by atoms with Crippen molar-refractivity contribution in [2.75, 3.05) is 0 Å². The minimum absolute atomic E-state index is 0.419. The second kappa shape index (κ2) is 2.61. The smallest absolute Gasteiger partial charge is 0.370 e. The van der Waals surface area contributed by atoms with Crippen LogP contribution in [-0.4, -0.2) is 28.9 Å². The summed E-state index contributed by atoms with van der Waals surface area (Å²) >= 11 is 0. The quantitative estimate of drug-likeness (QED) is 0.608. The number of carbonyl (C=O) groups excluding carboxylic acids is 2. The van der Waals surface area contributed by atoms with Crippen molar-refractivity contribution in [3.63, 3.8) is 0 Å². The highest BCUT2D eigenvalue weighted by Gasteiger charge is 2.38. The van der Waals surface area contributed by atoms with Gasteiger partial charge in [-0.1, -0.05) is 15.4 Å². The van der Waals surface area contributed by atoms with Crippen LogP contribution in [0.25, 0.3) is 0 Å². The molecule has 0 aromatic carbocycles. The molecule has 0 aromatic rings. The van der Waals surface area contributed by atoms with Crippen LogP contribution in [0.4, 0.5) is 9.59 Å². The lowest BCUT2D eigenvalue weighted by atomic mass is 10.3. The number of imide groups is 1. The molecule has 2 rings (SSSR count). The Kier molecular flexibility index (Phi) is 1.57. The first-order valence-electron chi connectivity index (χ1n) is 3.66. The predicted octanol–water partition coefficient (Wildman–Crippen LogP) is 1.12. The Hall–Kier alpha value is -1.79. The van der Waals surface area contributed by atoms with Gasteiger partial charge in [0.2, 0.25) is 6.23 Å². The average molecular weight is 182 g/mol. The number of hydrogen-bond acceptors (Lipinski definition) is 4.